The van der Waals surface area contributed by atoms with Gasteiger partial charge in [0, 0.05) is 41.0 Å². The van der Waals surface area contributed by atoms with Gasteiger partial charge in [-0.15, -0.1) is 10.2 Å². The second-order valence-electron chi connectivity index (χ2n) is 9.01. The van der Waals surface area contributed by atoms with Crippen LogP contribution in [0.2, 0.25) is 0 Å². The van der Waals surface area contributed by atoms with E-state index in [0.717, 1.165) is 43.3 Å². The Hall–Kier alpha value is -3.75. The van der Waals surface area contributed by atoms with Crippen LogP contribution in [0.15, 0.2) is 53.9 Å². The third-order valence-electron chi connectivity index (χ3n) is 6.41. The number of nitrogens with zero attached hydrogens (tertiary/aromatic N) is 5. The summed E-state index contributed by atoms with van der Waals surface area (Å²) in [5.41, 5.74) is 1.32. The maximum atomic E-state index is 14.6. The first kappa shape index (κ1) is 20.8. The van der Waals surface area contributed by atoms with Crippen LogP contribution in [0.1, 0.15) is 72.0 Å². The molecule has 9 heteroatoms. The molecule has 2 saturated carbocycles. The summed E-state index contributed by atoms with van der Waals surface area (Å²) in [6.45, 7) is 0. The highest BCUT2D eigenvalue weighted by Gasteiger charge is 2.30. The molecule has 6 rings (SSSR count). The smallest absolute Gasteiger partial charge is 0.259 e. The maximum absolute atomic E-state index is 14.6. The van der Waals surface area contributed by atoms with Crippen molar-refractivity contribution in [3.8, 4) is 11.1 Å². The first-order valence-corrected chi connectivity index (χ1v) is 11.5. The number of amides is 1. The molecule has 0 saturated heterocycles. The Labute approximate surface area is 194 Å². The van der Waals surface area contributed by atoms with E-state index < -0.39 is 17.5 Å². The summed E-state index contributed by atoms with van der Waals surface area (Å²) in [6.07, 6.45) is 11.9. The van der Waals surface area contributed by atoms with Gasteiger partial charge in [-0.3, -0.25) is 14.8 Å². The van der Waals surface area contributed by atoms with Gasteiger partial charge in [-0.1, -0.05) is 12.1 Å². The fraction of sp³-hybridized carbons (Fsp3) is 0.320. The van der Waals surface area contributed by atoms with Gasteiger partial charge in [0.1, 0.15) is 29.8 Å². The zero-order chi connectivity index (χ0) is 23.2. The average Bonchev–Trinajstić information content (AvgIpc) is 3.78. The van der Waals surface area contributed by atoms with Gasteiger partial charge in [0.2, 0.25) is 0 Å². The van der Waals surface area contributed by atoms with Crippen molar-refractivity contribution in [2.24, 2.45) is 4.99 Å². The zero-order valence-electron chi connectivity index (χ0n) is 18.3. The van der Waals surface area contributed by atoms with E-state index in [9.17, 15) is 13.6 Å². The van der Waals surface area contributed by atoms with Crippen LogP contribution in [-0.4, -0.2) is 31.5 Å². The van der Waals surface area contributed by atoms with Crippen LogP contribution in [0.3, 0.4) is 0 Å². The summed E-state index contributed by atoms with van der Waals surface area (Å²) in [7, 11) is 0. The van der Waals surface area contributed by atoms with Crippen LogP contribution in [0.4, 0.5) is 8.78 Å². The monoisotopic (exact) mass is 460 g/mol. The van der Waals surface area contributed by atoms with Crippen molar-refractivity contribution < 1.29 is 13.6 Å². The largest absolute Gasteiger partial charge is 0.313 e. The van der Waals surface area contributed by atoms with E-state index in [1.807, 2.05) is 16.7 Å². The fourth-order valence-electron chi connectivity index (χ4n) is 4.25. The summed E-state index contributed by atoms with van der Waals surface area (Å²) >= 11 is 0. The van der Waals surface area contributed by atoms with Crippen molar-refractivity contribution in [3.05, 3.63) is 77.7 Å². The molecule has 1 atom stereocenters. The quantitative estimate of drug-likeness (QED) is 0.600. The minimum Gasteiger partial charge on any atom is -0.313 e. The fourth-order valence-corrected chi connectivity index (χ4v) is 4.25. The molecule has 3 heterocycles. The molecule has 0 bridgehead atoms. The number of carbonyl (C=O) groups is 1. The summed E-state index contributed by atoms with van der Waals surface area (Å²) in [5.74, 6) is -0.867. The van der Waals surface area contributed by atoms with Crippen LogP contribution >= 0.6 is 0 Å². The second-order valence-corrected chi connectivity index (χ2v) is 9.01. The van der Waals surface area contributed by atoms with Crippen LogP contribution < -0.4 is 5.32 Å². The molecule has 1 aliphatic heterocycles. The molecule has 2 fully saturated rings. The molecule has 1 amide bonds. The number of nitrogens with one attached hydrogen (secondary N) is 1. The summed E-state index contributed by atoms with van der Waals surface area (Å²) < 4.78 is 31.2. The first-order chi connectivity index (χ1) is 16.6. The molecule has 1 N–H and O–H groups in total. The molecule has 2 aromatic heterocycles. The van der Waals surface area contributed by atoms with Crippen molar-refractivity contribution in [1.82, 2.24) is 25.1 Å². The molecule has 7 nitrogen and oxygen atoms in total. The molecule has 1 unspecified atom stereocenters. The highest BCUT2D eigenvalue weighted by Crippen LogP contribution is 2.39. The highest BCUT2D eigenvalue weighted by molar-refractivity contribution is 6.10. The third-order valence-corrected chi connectivity index (χ3v) is 6.41. The molecule has 34 heavy (non-hydrogen) atoms. The molecule has 2 aliphatic carbocycles. The SMILES string of the molecule is O=C(NC1=NC(c2nncn2C2CC2)CC=C1)c1cc(-c2ccc(C3CC3)nc2)c(F)cc1F. The van der Waals surface area contributed by atoms with Gasteiger partial charge in [0.25, 0.3) is 5.91 Å². The lowest BCUT2D eigenvalue weighted by Crippen LogP contribution is -2.31. The Morgan fingerprint density at radius 2 is 1.94 bits per heavy atom. The van der Waals surface area contributed by atoms with Crippen LogP contribution in [0.5, 0.6) is 0 Å². The predicted octanol–water partition coefficient (Wildman–Crippen LogP) is 4.66. The zero-order valence-corrected chi connectivity index (χ0v) is 18.3. The van der Waals surface area contributed by atoms with Crippen molar-refractivity contribution in [2.75, 3.05) is 0 Å². The van der Waals surface area contributed by atoms with Crippen LogP contribution in [-0.2, 0) is 0 Å². The lowest BCUT2D eigenvalue weighted by molar-refractivity contribution is 0.0973. The van der Waals surface area contributed by atoms with E-state index in [1.165, 1.54) is 6.07 Å². The number of halogens is 2. The minimum atomic E-state index is -0.938. The van der Waals surface area contributed by atoms with Gasteiger partial charge < -0.3 is 9.88 Å². The Bertz CT molecular complexity index is 1320. The standard InChI is InChI=1S/C25H22F2N6O/c26-19-11-20(27)18(10-17(19)15-6-9-21(28-12-15)14-4-5-14)25(34)31-23-3-1-2-22(30-23)24-32-29-13-33(24)16-7-8-16/h1,3,6,9-14,16,22H,2,4-5,7-8H2,(H,30,31,34). The summed E-state index contributed by atoms with van der Waals surface area (Å²) in [6, 6.07) is 5.70. The average molecular weight is 460 g/mol. The summed E-state index contributed by atoms with van der Waals surface area (Å²) in [5, 5.41) is 10.9. The molecule has 3 aromatic rings. The van der Waals surface area contributed by atoms with E-state index in [2.05, 4.69) is 25.5 Å². The number of benzene rings is 1. The van der Waals surface area contributed by atoms with Gasteiger partial charge in [-0.05, 0) is 50.3 Å². The van der Waals surface area contributed by atoms with Gasteiger partial charge in [-0.2, -0.15) is 0 Å². The molecular weight excluding hydrogens is 438 g/mol. The maximum Gasteiger partial charge on any atom is 0.259 e. The lowest BCUT2D eigenvalue weighted by atomic mass is 10.0. The first-order valence-electron chi connectivity index (χ1n) is 11.5. The van der Waals surface area contributed by atoms with Gasteiger partial charge in [0.05, 0.1) is 5.56 Å². The molecule has 0 radical (unpaired) electrons. The molecule has 172 valence electrons. The Balaban J connectivity index is 1.24. The number of aromatic nitrogens is 4. The van der Waals surface area contributed by atoms with Crippen LogP contribution in [0, 0.1) is 11.6 Å². The number of rotatable bonds is 5. The van der Waals surface area contributed by atoms with Crippen molar-refractivity contribution in [2.45, 2.75) is 50.1 Å². The third kappa shape index (κ3) is 4.02. The number of pyridine rings is 1. The van der Waals surface area contributed by atoms with Crippen LogP contribution in [0.25, 0.3) is 11.1 Å². The number of hydrogen-bond acceptors (Lipinski definition) is 5. The van der Waals surface area contributed by atoms with E-state index in [1.54, 1.807) is 24.7 Å². The van der Waals surface area contributed by atoms with E-state index in [4.69, 9.17) is 0 Å². The number of dihydropyridines is 1. The Morgan fingerprint density at radius 3 is 2.68 bits per heavy atom. The second kappa shape index (κ2) is 8.23. The highest BCUT2D eigenvalue weighted by atomic mass is 19.1. The van der Waals surface area contributed by atoms with E-state index >= 15 is 0 Å². The molecule has 0 spiro atoms. The predicted molar refractivity (Wildman–Crippen MR) is 121 cm³/mol. The van der Waals surface area contributed by atoms with Gasteiger partial charge in [0.15, 0.2) is 5.82 Å². The van der Waals surface area contributed by atoms with Gasteiger partial charge in [-0.25, -0.2) is 8.78 Å². The Morgan fingerprint density at radius 1 is 1.09 bits per heavy atom. The van der Waals surface area contributed by atoms with Crippen molar-refractivity contribution in [1.29, 1.82) is 0 Å². The summed E-state index contributed by atoms with van der Waals surface area (Å²) in [4.78, 5) is 21.9. The Kier molecular flexibility index (Phi) is 5.04. The van der Waals surface area contributed by atoms with Gasteiger partial charge >= 0.3 is 0 Å². The molecule has 1 aromatic carbocycles. The normalized spacial score (nSPS) is 19.7. The van der Waals surface area contributed by atoms with Crippen molar-refractivity contribution >= 4 is 11.7 Å². The number of amidine groups is 1. The van der Waals surface area contributed by atoms with E-state index in [0.29, 0.717) is 29.8 Å². The molecule has 3 aliphatic rings. The number of hydrogen-bond donors (Lipinski definition) is 1. The van der Waals surface area contributed by atoms with Crippen molar-refractivity contribution in [3.63, 3.8) is 0 Å². The minimum absolute atomic E-state index is 0.123. The molecular formula is C25H22F2N6O. The topological polar surface area (TPSA) is 85.1 Å². The number of aliphatic imine (C=N–C) groups is 1. The lowest BCUT2D eigenvalue weighted by Gasteiger charge is -2.17. The van der Waals surface area contributed by atoms with E-state index in [-0.39, 0.29) is 17.2 Å². The number of carbonyl (C=O) groups excluding carboxylic acids is 1.